The van der Waals surface area contributed by atoms with Gasteiger partial charge in [-0.25, -0.2) is 8.42 Å². The normalized spacial score (nSPS) is 14.6. The second-order valence-corrected chi connectivity index (χ2v) is 6.59. The first-order chi connectivity index (χ1) is 3.48. The summed E-state index contributed by atoms with van der Waals surface area (Å²) in [6.45, 7) is 1.35. The molecule has 0 aliphatic heterocycles. The summed E-state index contributed by atoms with van der Waals surface area (Å²) in [7, 11) is -3.14. The van der Waals surface area contributed by atoms with Gasteiger partial charge in [0.1, 0.15) is 0 Å². The highest BCUT2D eigenvalue weighted by atomic mass is 127. The Bertz CT molecular complexity index is 202. The van der Waals surface area contributed by atoms with Crippen molar-refractivity contribution >= 4 is 28.2 Å². The second-order valence-electron chi connectivity index (χ2n) is 1.25. The molecule has 0 radical (unpaired) electrons. The minimum Gasteiger partial charge on any atom is -0.217 e. The summed E-state index contributed by atoms with van der Waals surface area (Å²) < 4.78 is 20.7. The number of nitrogens with zero attached hydrogens (tertiary/aromatic N) is 1. The molecule has 1 unspecified atom stereocenters. The lowest BCUT2D eigenvalue weighted by atomic mass is 10.5. The average Bonchev–Trinajstić information content (AvgIpc) is 1.62. The Morgan fingerprint density at radius 3 is 2.12 bits per heavy atom. The summed E-state index contributed by atoms with van der Waals surface area (Å²) in [5, 5.41) is 7.15. The van der Waals surface area contributed by atoms with Gasteiger partial charge in [-0.3, -0.25) is 0 Å². The molecule has 1 atom stereocenters. The number of hydrogen-bond donors (Lipinski definition) is 0. The third-order valence-corrected chi connectivity index (χ3v) is 3.84. The lowest BCUT2D eigenvalue weighted by molar-refractivity contribution is 0.609. The topological polar surface area (TPSA) is 57.9 Å². The summed E-state index contributed by atoms with van der Waals surface area (Å²) in [6.07, 6.45) is 0. The summed E-state index contributed by atoms with van der Waals surface area (Å²) in [5.41, 5.74) is 0. The van der Waals surface area contributed by atoms with Crippen LogP contribution in [0.5, 0.6) is 0 Å². The molecule has 46 valence electrons. The van der Waals surface area contributed by atoms with Gasteiger partial charge in [0.2, 0.25) is 7.01 Å². The van der Waals surface area contributed by atoms with Gasteiger partial charge in [-0.05, 0) is 6.92 Å². The number of rotatable bonds is 1. The van der Waals surface area contributed by atoms with Gasteiger partial charge < -0.3 is 0 Å². The van der Waals surface area contributed by atoms with Crippen molar-refractivity contribution in [2.24, 2.45) is 0 Å². The summed E-state index contributed by atoms with van der Waals surface area (Å²) in [4.78, 5) is 0. The highest BCUT2D eigenvalue weighted by molar-refractivity contribution is 14.2. The van der Waals surface area contributed by atoms with E-state index in [2.05, 4.69) is 0 Å². The van der Waals surface area contributed by atoms with Crippen LogP contribution in [-0.4, -0.2) is 13.7 Å². The van der Waals surface area contributed by atoms with Crippen LogP contribution in [0.25, 0.3) is 0 Å². The lowest BCUT2D eigenvalue weighted by Gasteiger charge is -1.91. The Balaban J connectivity index is 4.34. The Morgan fingerprint density at radius 1 is 1.75 bits per heavy atom. The molecule has 8 heavy (non-hydrogen) atoms. The van der Waals surface area contributed by atoms with E-state index in [9.17, 15) is 8.42 Å². The van der Waals surface area contributed by atoms with E-state index in [0.29, 0.717) is 0 Å². The van der Waals surface area contributed by atoms with Gasteiger partial charge in [0.05, 0.1) is 27.3 Å². The van der Waals surface area contributed by atoms with E-state index in [1.165, 1.54) is 28.1 Å². The predicted octanol–water partition coefficient (Wildman–Crippen LogP) is 0.663. The molecular formula is C3H4INO2S. The van der Waals surface area contributed by atoms with Crippen LogP contribution < -0.4 is 0 Å². The monoisotopic (exact) mass is 245 g/mol. The number of hydrogen-bond acceptors (Lipinski definition) is 3. The zero-order valence-corrected chi connectivity index (χ0v) is 7.10. The van der Waals surface area contributed by atoms with Crippen LogP contribution in [0.4, 0.5) is 0 Å². The van der Waals surface area contributed by atoms with E-state index in [-0.39, 0.29) is 0 Å². The smallest absolute Gasteiger partial charge is 0.217 e. The quantitative estimate of drug-likeness (QED) is 0.503. The van der Waals surface area contributed by atoms with Crippen LogP contribution in [0.2, 0.25) is 0 Å². The molecule has 0 spiro atoms. The summed E-state index contributed by atoms with van der Waals surface area (Å²) in [6, 6.07) is 1.61. The molecule has 0 aliphatic rings. The van der Waals surface area contributed by atoms with E-state index in [0.717, 1.165) is 0 Å². The maximum Gasteiger partial charge on any atom is 0.218 e. The molecule has 0 heterocycles. The fourth-order valence-corrected chi connectivity index (χ4v) is 0.530. The molecule has 0 aliphatic carbocycles. The molecule has 0 aromatic heterocycles. The fourth-order valence-electron chi connectivity index (χ4n) is 0.0630. The lowest BCUT2D eigenvalue weighted by Crippen LogP contribution is -2.06. The number of halogens is 1. The third-order valence-electron chi connectivity index (χ3n) is 0.604. The molecule has 5 heteroatoms. The van der Waals surface area contributed by atoms with Gasteiger partial charge in [0, 0.05) is 0 Å². The minimum atomic E-state index is -3.14. The van der Waals surface area contributed by atoms with Crippen molar-refractivity contribution in [3.63, 3.8) is 0 Å². The van der Waals surface area contributed by atoms with Gasteiger partial charge in [-0.15, -0.1) is 0 Å². The van der Waals surface area contributed by atoms with Crippen LogP contribution >= 0.6 is 21.2 Å². The molecule has 3 nitrogen and oxygen atoms in total. The van der Waals surface area contributed by atoms with Crippen molar-refractivity contribution in [1.29, 1.82) is 5.26 Å². The van der Waals surface area contributed by atoms with E-state index in [4.69, 9.17) is 5.26 Å². The van der Waals surface area contributed by atoms with Crippen molar-refractivity contribution in [1.82, 2.24) is 0 Å². The Labute approximate surface area is 60.2 Å². The minimum absolute atomic E-state index is 0.886. The standard InChI is InChI=1S/C3H4INO2S/c1-3(2-5)8(4,6)7/h3H,1H3. The zero-order chi connectivity index (χ0) is 6.78. The van der Waals surface area contributed by atoms with Gasteiger partial charge in [-0.1, -0.05) is 0 Å². The summed E-state index contributed by atoms with van der Waals surface area (Å²) in [5.74, 6) is 0. The molecule has 0 amide bonds. The molecule has 0 aromatic carbocycles. The molecule has 0 rings (SSSR count). The van der Waals surface area contributed by atoms with E-state index >= 15 is 0 Å². The maximum absolute atomic E-state index is 10.3. The fraction of sp³-hybridized carbons (Fsp3) is 0.667. The molecule has 0 saturated heterocycles. The molecule has 0 aromatic rings. The van der Waals surface area contributed by atoms with Gasteiger partial charge in [0.25, 0.3) is 0 Å². The third kappa shape index (κ3) is 2.47. The van der Waals surface area contributed by atoms with Crippen LogP contribution in [0, 0.1) is 11.3 Å². The van der Waals surface area contributed by atoms with E-state index < -0.39 is 12.3 Å². The first kappa shape index (κ1) is 8.17. The van der Waals surface area contributed by atoms with Crippen molar-refractivity contribution in [3.05, 3.63) is 0 Å². The number of nitriles is 1. The van der Waals surface area contributed by atoms with Crippen LogP contribution in [0.3, 0.4) is 0 Å². The highest BCUT2D eigenvalue weighted by Crippen LogP contribution is 2.07. The molecule has 0 N–H and O–H groups in total. The molecule has 0 fully saturated rings. The van der Waals surface area contributed by atoms with Crippen molar-refractivity contribution in [2.45, 2.75) is 12.2 Å². The van der Waals surface area contributed by atoms with Gasteiger partial charge in [0.15, 0.2) is 5.25 Å². The molecular weight excluding hydrogens is 241 g/mol. The van der Waals surface area contributed by atoms with E-state index in [1.807, 2.05) is 0 Å². The Hall–Kier alpha value is 0.170. The zero-order valence-electron chi connectivity index (χ0n) is 4.13. The van der Waals surface area contributed by atoms with Gasteiger partial charge >= 0.3 is 0 Å². The van der Waals surface area contributed by atoms with Crippen molar-refractivity contribution in [3.8, 4) is 6.07 Å². The maximum atomic E-state index is 10.3. The first-order valence-corrected chi connectivity index (χ1v) is 5.90. The predicted molar refractivity (Wildman–Crippen MR) is 38.0 cm³/mol. The van der Waals surface area contributed by atoms with Crippen molar-refractivity contribution in [2.75, 3.05) is 0 Å². The van der Waals surface area contributed by atoms with Crippen LogP contribution in [0.1, 0.15) is 6.92 Å². The summed E-state index contributed by atoms with van der Waals surface area (Å²) >= 11 is 1.25. The van der Waals surface area contributed by atoms with Crippen LogP contribution in [0.15, 0.2) is 0 Å². The largest absolute Gasteiger partial charge is 0.218 e. The Kier molecular flexibility index (Phi) is 2.70. The Morgan fingerprint density at radius 2 is 2.12 bits per heavy atom. The average molecular weight is 245 g/mol. The highest BCUT2D eigenvalue weighted by Gasteiger charge is 2.14. The van der Waals surface area contributed by atoms with Crippen molar-refractivity contribution < 1.29 is 8.42 Å². The molecule has 0 bridgehead atoms. The first-order valence-electron chi connectivity index (χ1n) is 1.81. The van der Waals surface area contributed by atoms with E-state index in [1.54, 1.807) is 6.07 Å². The SMILES string of the molecule is CC(C#N)S(=O)(=O)I. The molecule has 0 saturated carbocycles. The van der Waals surface area contributed by atoms with Crippen LogP contribution in [-0.2, 0) is 7.01 Å². The van der Waals surface area contributed by atoms with Gasteiger partial charge in [-0.2, -0.15) is 5.26 Å². The second kappa shape index (κ2) is 2.64.